The van der Waals surface area contributed by atoms with Crippen molar-refractivity contribution >= 4 is 0 Å². The number of benzene rings is 2. The van der Waals surface area contributed by atoms with Crippen LogP contribution in [0.5, 0.6) is 23.0 Å². The van der Waals surface area contributed by atoms with E-state index in [4.69, 9.17) is 18.9 Å². The van der Waals surface area contributed by atoms with Crippen molar-refractivity contribution in [2.24, 2.45) is 0 Å². The molecule has 0 saturated carbocycles. The Morgan fingerprint density at radius 2 is 1.00 bits per heavy atom. The summed E-state index contributed by atoms with van der Waals surface area (Å²) in [5, 5.41) is 0. The normalized spacial score (nSPS) is 10.2. The predicted molar refractivity (Wildman–Crippen MR) is 76.7 cm³/mol. The predicted octanol–water partition coefficient (Wildman–Crippen LogP) is 3.51. The highest BCUT2D eigenvalue weighted by molar-refractivity contribution is 5.40. The first kappa shape index (κ1) is 14.1. The van der Waals surface area contributed by atoms with Gasteiger partial charge in [0.05, 0.1) is 14.2 Å². The second-order valence-electron chi connectivity index (χ2n) is 4.11. The van der Waals surface area contributed by atoms with Crippen LogP contribution in [0.15, 0.2) is 48.5 Å². The molecular formula is C16H18O4. The lowest BCUT2D eigenvalue weighted by Gasteiger charge is -2.19. The van der Waals surface area contributed by atoms with Crippen LogP contribution in [-0.4, -0.2) is 20.5 Å². The van der Waals surface area contributed by atoms with Gasteiger partial charge in [0.15, 0.2) is 23.0 Å². The van der Waals surface area contributed by atoms with E-state index >= 15 is 0 Å². The van der Waals surface area contributed by atoms with Gasteiger partial charge in [-0.2, -0.15) is 0 Å². The van der Waals surface area contributed by atoms with Gasteiger partial charge in [0, 0.05) is 6.92 Å². The standard InChI is InChI=1S/C16H18O4/c1-12(19-15-10-6-4-8-13(15)17-2)20-16-11-7-5-9-14(16)18-3/h4-12H,1-3H3. The van der Waals surface area contributed by atoms with Crippen molar-refractivity contribution in [3.05, 3.63) is 48.5 Å². The molecule has 0 heterocycles. The van der Waals surface area contributed by atoms with E-state index in [0.717, 1.165) is 0 Å². The topological polar surface area (TPSA) is 36.9 Å². The molecule has 0 atom stereocenters. The van der Waals surface area contributed by atoms with Crippen molar-refractivity contribution in [2.45, 2.75) is 13.2 Å². The van der Waals surface area contributed by atoms with Crippen LogP contribution in [0, 0.1) is 0 Å². The van der Waals surface area contributed by atoms with E-state index < -0.39 is 6.29 Å². The van der Waals surface area contributed by atoms with Crippen LogP contribution in [-0.2, 0) is 0 Å². The Morgan fingerprint density at radius 1 is 0.650 bits per heavy atom. The molecule has 0 spiro atoms. The maximum Gasteiger partial charge on any atom is 0.238 e. The highest BCUT2D eigenvalue weighted by atomic mass is 16.7. The molecule has 4 heteroatoms. The Bertz CT molecular complexity index is 504. The monoisotopic (exact) mass is 274 g/mol. The summed E-state index contributed by atoms with van der Waals surface area (Å²) in [6, 6.07) is 14.9. The van der Waals surface area contributed by atoms with Crippen LogP contribution in [0.25, 0.3) is 0 Å². The average molecular weight is 274 g/mol. The molecule has 0 aromatic heterocycles. The van der Waals surface area contributed by atoms with Crippen LogP contribution in [0.4, 0.5) is 0 Å². The smallest absolute Gasteiger partial charge is 0.238 e. The molecule has 0 radical (unpaired) electrons. The van der Waals surface area contributed by atoms with E-state index in [-0.39, 0.29) is 0 Å². The van der Waals surface area contributed by atoms with E-state index in [9.17, 15) is 0 Å². The first-order valence-corrected chi connectivity index (χ1v) is 6.34. The molecule has 0 unspecified atom stereocenters. The molecule has 0 aliphatic heterocycles. The molecule has 0 bridgehead atoms. The molecule has 2 rings (SSSR count). The third-order valence-corrected chi connectivity index (χ3v) is 2.72. The molecule has 106 valence electrons. The summed E-state index contributed by atoms with van der Waals surface area (Å²) in [4.78, 5) is 0. The maximum atomic E-state index is 5.74. The summed E-state index contributed by atoms with van der Waals surface area (Å²) < 4.78 is 21.9. The van der Waals surface area contributed by atoms with Gasteiger partial charge in [0.1, 0.15) is 0 Å². The third-order valence-electron chi connectivity index (χ3n) is 2.72. The highest BCUT2D eigenvalue weighted by Gasteiger charge is 2.12. The number of hydrogen-bond acceptors (Lipinski definition) is 4. The first-order chi connectivity index (χ1) is 9.74. The summed E-state index contributed by atoms with van der Waals surface area (Å²) >= 11 is 0. The molecule has 0 N–H and O–H groups in total. The molecule has 4 nitrogen and oxygen atoms in total. The highest BCUT2D eigenvalue weighted by Crippen LogP contribution is 2.30. The Balaban J connectivity index is 2.07. The lowest BCUT2D eigenvalue weighted by Crippen LogP contribution is -2.20. The van der Waals surface area contributed by atoms with Crippen molar-refractivity contribution in [2.75, 3.05) is 14.2 Å². The van der Waals surface area contributed by atoms with Crippen molar-refractivity contribution in [1.29, 1.82) is 0 Å². The summed E-state index contributed by atoms with van der Waals surface area (Å²) in [7, 11) is 3.21. The molecule has 0 aliphatic carbocycles. The van der Waals surface area contributed by atoms with Gasteiger partial charge in [-0.1, -0.05) is 24.3 Å². The van der Waals surface area contributed by atoms with Gasteiger partial charge >= 0.3 is 0 Å². The van der Waals surface area contributed by atoms with Gasteiger partial charge in [0.25, 0.3) is 0 Å². The zero-order chi connectivity index (χ0) is 14.4. The Labute approximate surface area is 118 Å². The molecule has 2 aromatic carbocycles. The molecule has 20 heavy (non-hydrogen) atoms. The number of methoxy groups -OCH3 is 2. The Kier molecular flexibility index (Phi) is 4.71. The minimum Gasteiger partial charge on any atom is -0.493 e. The van der Waals surface area contributed by atoms with E-state index in [0.29, 0.717) is 23.0 Å². The second kappa shape index (κ2) is 6.70. The van der Waals surface area contributed by atoms with E-state index in [2.05, 4.69) is 0 Å². The lowest BCUT2D eigenvalue weighted by molar-refractivity contribution is 0.0183. The fraction of sp³-hybridized carbons (Fsp3) is 0.250. The maximum absolute atomic E-state index is 5.74. The average Bonchev–Trinajstić information content (AvgIpc) is 2.48. The number of rotatable bonds is 6. The zero-order valence-corrected chi connectivity index (χ0v) is 11.8. The molecule has 2 aromatic rings. The van der Waals surface area contributed by atoms with E-state index in [1.807, 2.05) is 55.5 Å². The minimum absolute atomic E-state index is 0.470. The van der Waals surface area contributed by atoms with Crippen LogP contribution in [0.1, 0.15) is 6.92 Å². The van der Waals surface area contributed by atoms with Gasteiger partial charge < -0.3 is 18.9 Å². The first-order valence-electron chi connectivity index (χ1n) is 6.34. The molecular weight excluding hydrogens is 256 g/mol. The number of ether oxygens (including phenoxy) is 4. The summed E-state index contributed by atoms with van der Waals surface area (Å²) in [6.45, 7) is 1.82. The fourth-order valence-corrected chi connectivity index (χ4v) is 1.81. The van der Waals surface area contributed by atoms with Crippen LogP contribution in [0.2, 0.25) is 0 Å². The number of hydrogen-bond donors (Lipinski definition) is 0. The molecule has 0 saturated heterocycles. The third kappa shape index (κ3) is 3.35. The van der Waals surface area contributed by atoms with Crippen LogP contribution >= 0.6 is 0 Å². The van der Waals surface area contributed by atoms with Crippen molar-refractivity contribution < 1.29 is 18.9 Å². The Morgan fingerprint density at radius 3 is 1.35 bits per heavy atom. The fourth-order valence-electron chi connectivity index (χ4n) is 1.81. The number of para-hydroxylation sites is 4. The van der Waals surface area contributed by atoms with Gasteiger partial charge in [-0.05, 0) is 24.3 Å². The lowest BCUT2D eigenvalue weighted by atomic mass is 10.3. The summed E-state index contributed by atoms with van der Waals surface area (Å²) in [6.07, 6.45) is -0.470. The molecule has 0 amide bonds. The van der Waals surface area contributed by atoms with Crippen molar-refractivity contribution in [3.63, 3.8) is 0 Å². The van der Waals surface area contributed by atoms with Gasteiger partial charge in [-0.15, -0.1) is 0 Å². The van der Waals surface area contributed by atoms with Gasteiger partial charge in [-0.3, -0.25) is 0 Å². The minimum atomic E-state index is -0.470. The molecule has 0 aliphatic rings. The van der Waals surface area contributed by atoms with Gasteiger partial charge in [-0.25, -0.2) is 0 Å². The summed E-state index contributed by atoms with van der Waals surface area (Å²) in [5.74, 6) is 2.61. The largest absolute Gasteiger partial charge is 0.493 e. The second-order valence-corrected chi connectivity index (χ2v) is 4.11. The molecule has 0 fully saturated rings. The van der Waals surface area contributed by atoms with Crippen molar-refractivity contribution in [3.8, 4) is 23.0 Å². The quantitative estimate of drug-likeness (QED) is 0.755. The summed E-state index contributed by atoms with van der Waals surface area (Å²) in [5.41, 5.74) is 0. The SMILES string of the molecule is COc1ccccc1OC(C)Oc1ccccc1OC. The van der Waals surface area contributed by atoms with E-state index in [1.54, 1.807) is 14.2 Å². The van der Waals surface area contributed by atoms with Crippen LogP contribution < -0.4 is 18.9 Å². The Hall–Kier alpha value is -2.36. The van der Waals surface area contributed by atoms with Crippen molar-refractivity contribution in [1.82, 2.24) is 0 Å². The van der Waals surface area contributed by atoms with E-state index in [1.165, 1.54) is 0 Å². The zero-order valence-electron chi connectivity index (χ0n) is 11.8. The van der Waals surface area contributed by atoms with Crippen LogP contribution in [0.3, 0.4) is 0 Å². The van der Waals surface area contributed by atoms with Gasteiger partial charge in [0.2, 0.25) is 6.29 Å².